The molecule has 0 radical (unpaired) electrons. The lowest BCUT2D eigenvalue weighted by Crippen LogP contribution is -2.38. The van der Waals surface area contributed by atoms with Gasteiger partial charge in [0.1, 0.15) is 5.75 Å². The van der Waals surface area contributed by atoms with Crippen molar-refractivity contribution in [2.75, 3.05) is 18.5 Å². The predicted octanol–water partition coefficient (Wildman–Crippen LogP) is 3.48. The third-order valence-corrected chi connectivity index (χ3v) is 6.34. The van der Waals surface area contributed by atoms with E-state index in [0.29, 0.717) is 30.4 Å². The number of hydrogen-bond acceptors (Lipinski definition) is 5. The number of rotatable bonds is 5. The van der Waals surface area contributed by atoms with E-state index in [1.165, 1.54) is 24.2 Å². The highest BCUT2D eigenvalue weighted by Gasteiger charge is 2.25. The van der Waals surface area contributed by atoms with Gasteiger partial charge in [-0.05, 0) is 37.5 Å². The molecule has 1 aromatic heterocycles. The summed E-state index contributed by atoms with van der Waals surface area (Å²) in [5.41, 5.74) is 2.06. The van der Waals surface area contributed by atoms with Gasteiger partial charge in [-0.15, -0.1) is 0 Å². The van der Waals surface area contributed by atoms with Crippen LogP contribution in [0.5, 0.6) is 5.75 Å². The largest absolute Gasteiger partial charge is 0.484 e. The van der Waals surface area contributed by atoms with Crippen LogP contribution in [0.4, 0.5) is 9.93 Å². The molecule has 1 aliphatic heterocycles. The summed E-state index contributed by atoms with van der Waals surface area (Å²) in [6.45, 7) is 3.13. The number of nitrogens with one attached hydrogen (secondary N) is 2. The normalized spacial score (nSPS) is 16.4. The molecule has 2 N–H and O–H groups in total. The molecule has 1 aromatic carbocycles. The lowest BCUT2D eigenvalue weighted by Gasteiger charge is -2.26. The van der Waals surface area contributed by atoms with Crippen LogP contribution in [0.3, 0.4) is 0 Å². The van der Waals surface area contributed by atoms with Crippen LogP contribution in [0.1, 0.15) is 41.8 Å². The van der Waals surface area contributed by atoms with Crippen molar-refractivity contribution in [3.63, 3.8) is 0 Å². The second kappa shape index (κ2) is 8.82. The van der Waals surface area contributed by atoms with Crippen LogP contribution in [0, 0.1) is 6.92 Å². The Bertz CT molecular complexity index is 892. The number of carbonyl (C=O) groups excluding carboxylic acids is 2. The smallest absolute Gasteiger partial charge is 0.321 e. The molecule has 1 aliphatic carbocycles. The fraction of sp³-hybridized carbons (Fsp3) is 0.476. The number of thiazole rings is 1. The van der Waals surface area contributed by atoms with E-state index < -0.39 is 0 Å². The molecule has 2 aliphatic rings. The van der Waals surface area contributed by atoms with E-state index in [0.717, 1.165) is 29.0 Å². The molecule has 0 unspecified atom stereocenters. The Kier molecular flexibility index (Phi) is 5.99. The Hall–Kier alpha value is -2.61. The number of anilines is 1. The number of urea groups is 1. The number of nitrogens with zero attached hydrogens (tertiary/aromatic N) is 2. The number of benzene rings is 1. The van der Waals surface area contributed by atoms with Gasteiger partial charge in [-0.2, -0.15) is 0 Å². The predicted molar refractivity (Wildman–Crippen MR) is 112 cm³/mol. The summed E-state index contributed by atoms with van der Waals surface area (Å²) < 4.78 is 5.64. The number of hydrogen-bond donors (Lipinski definition) is 2. The van der Waals surface area contributed by atoms with E-state index in [9.17, 15) is 9.59 Å². The van der Waals surface area contributed by atoms with Gasteiger partial charge in [0.15, 0.2) is 11.7 Å². The van der Waals surface area contributed by atoms with Crippen molar-refractivity contribution in [2.24, 2.45) is 0 Å². The number of fused-ring (bicyclic) bond motifs is 1. The highest BCUT2D eigenvalue weighted by Crippen LogP contribution is 2.28. The van der Waals surface area contributed by atoms with Crippen molar-refractivity contribution >= 4 is 28.4 Å². The minimum absolute atomic E-state index is 0.0203. The molecular weight excluding hydrogens is 388 g/mol. The SMILES string of the molecule is Cc1cccc(OCC(=O)N2CCc3nc(NC(=O)NC4CCCC4)sc3C2)c1. The lowest BCUT2D eigenvalue weighted by atomic mass is 10.2. The van der Waals surface area contributed by atoms with Crippen LogP contribution in [-0.4, -0.2) is 41.0 Å². The standard InChI is InChI=1S/C21H26N4O3S/c1-14-5-4-8-16(11-14)28-13-19(26)25-10-9-17-18(12-25)29-21(23-17)24-20(27)22-15-6-2-3-7-15/h4-5,8,11,15H,2-3,6-7,9-10,12-13H2,1H3,(H2,22,23,24,27). The van der Waals surface area contributed by atoms with E-state index in [4.69, 9.17) is 4.74 Å². The van der Waals surface area contributed by atoms with Crippen molar-refractivity contribution in [2.45, 2.75) is 51.6 Å². The van der Waals surface area contributed by atoms with E-state index in [2.05, 4.69) is 15.6 Å². The topological polar surface area (TPSA) is 83.6 Å². The van der Waals surface area contributed by atoms with E-state index in [-0.39, 0.29) is 24.6 Å². The van der Waals surface area contributed by atoms with Crippen LogP contribution in [-0.2, 0) is 17.8 Å². The van der Waals surface area contributed by atoms with Crippen LogP contribution >= 0.6 is 11.3 Å². The Morgan fingerprint density at radius 1 is 1.31 bits per heavy atom. The van der Waals surface area contributed by atoms with Crippen molar-refractivity contribution < 1.29 is 14.3 Å². The van der Waals surface area contributed by atoms with Crippen molar-refractivity contribution in [1.29, 1.82) is 0 Å². The number of ether oxygens (including phenoxy) is 1. The zero-order valence-corrected chi connectivity index (χ0v) is 17.4. The maximum Gasteiger partial charge on any atom is 0.321 e. The molecule has 0 atom stereocenters. The molecule has 1 saturated carbocycles. The maximum absolute atomic E-state index is 12.5. The Morgan fingerprint density at radius 3 is 2.93 bits per heavy atom. The van der Waals surface area contributed by atoms with Crippen molar-refractivity contribution in [3.8, 4) is 5.75 Å². The van der Waals surface area contributed by atoms with E-state index in [1.54, 1.807) is 4.90 Å². The fourth-order valence-corrected chi connectivity index (χ4v) is 4.81. The molecule has 3 amide bonds. The summed E-state index contributed by atoms with van der Waals surface area (Å²) in [5.74, 6) is 0.660. The molecular formula is C21H26N4O3S. The molecule has 0 bridgehead atoms. The second-order valence-corrected chi connectivity index (χ2v) is 8.72. The fourth-order valence-electron chi connectivity index (χ4n) is 3.79. The zero-order chi connectivity index (χ0) is 20.2. The molecule has 0 spiro atoms. The summed E-state index contributed by atoms with van der Waals surface area (Å²) in [4.78, 5) is 32.1. The molecule has 154 valence electrons. The Balaban J connectivity index is 1.30. The van der Waals surface area contributed by atoms with Crippen molar-refractivity contribution in [1.82, 2.24) is 15.2 Å². The number of aryl methyl sites for hydroxylation is 1. The lowest BCUT2D eigenvalue weighted by molar-refractivity contribution is -0.134. The molecule has 7 nitrogen and oxygen atoms in total. The zero-order valence-electron chi connectivity index (χ0n) is 16.6. The first-order chi connectivity index (χ1) is 14.1. The van der Waals surface area contributed by atoms with Crippen LogP contribution in [0.2, 0.25) is 0 Å². The van der Waals surface area contributed by atoms with E-state index in [1.807, 2.05) is 31.2 Å². The summed E-state index contributed by atoms with van der Waals surface area (Å²) in [5, 5.41) is 6.45. The number of aromatic nitrogens is 1. The van der Waals surface area contributed by atoms with Gasteiger partial charge in [0.25, 0.3) is 5.91 Å². The average molecular weight is 415 g/mol. The monoisotopic (exact) mass is 414 g/mol. The highest BCUT2D eigenvalue weighted by molar-refractivity contribution is 7.15. The van der Waals surface area contributed by atoms with Gasteiger partial charge in [-0.1, -0.05) is 36.3 Å². The number of carbonyl (C=O) groups is 2. The summed E-state index contributed by atoms with van der Waals surface area (Å²) >= 11 is 1.44. The minimum atomic E-state index is -0.192. The molecule has 0 saturated heterocycles. The van der Waals surface area contributed by atoms with Gasteiger partial charge >= 0.3 is 6.03 Å². The summed E-state index contributed by atoms with van der Waals surface area (Å²) in [6, 6.07) is 7.75. The second-order valence-electron chi connectivity index (χ2n) is 7.64. The third-order valence-electron chi connectivity index (χ3n) is 5.35. The number of amides is 3. The summed E-state index contributed by atoms with van der Waals surface area (Å²) in [7, 11) is 0. The van der Waals surface area contributed by atoms with Gasteiger partial charge in [-0.25, -0.2) is 9.78 Å². The van der Waals surface area contributed by atoms with Crippen LogP contribution in [0.15, 0.2) is 24.3 Å². The molecule has 2 heterocycles. The minimum Gasteiger partial charge on any atom is -0.484 e. The van der Waals surface area contributed by atoms with Gasteiger partial charge in [0.05, 0.1) is 12.2 Å². The molecule has 4 rings (SSSR count). The molecule has 29 heavy (non-hydrogen) atoms. The quantitative estimate of drug-likeness (QED) is 0.785. The van der Waals surface area contributed by atoms with Crippen LogP contribution in [0.25, 0.3) is 0 Å². The van der Waals surface area contributed by atoms with Crippen molar-refractivity contribution in [3.05, 3.63) is 40.4 Å². The van der Waals surface area contributed by atoms with Crippen LogP contribution < -0.4 is 15.4 Å². The van der Waals surface area contributed by atoms with E-state index >= 15 is 0 Å². The first-order valence-electron chi connectivity index (χ1n) is 10.1. The van der Waals surface area contributed by atoms with Gasteiger partial charge in [0.2, 0.25) is 0 Å². The maximum atomic E-state index is 12.5. The molecule has 2 aromatic rings. The van der Waals surface area contributed by atoms with Gasteiger partial charge in [-0.3, -0.25) is 10.1 Å². The molecule has 8 heteroatoms. The Morgan fingerprint density at radius 2 is 2.14 bits per heavy atom. The first-order valence-corrected chi connectivity index (χ1v) is 10.9. The molecule has 1 fully saturated rings. The first kappa shape index (κ1) is 19.7. The van der Waals surface area contributed by atoms with Gasteiger partial charge in [0, 0.05) is 23.9 Å². The summed E-state index contributed by atoms with van der Waals surface area (Å²) in [6.07, 6.45) is 5.13. The third kappa shape index (κ3) is 5.06. The average Bonchev–Trinajstić information content (AvgIpc) is 3.34. The van der Waals surface area contributed by atoms with Gasteiger partial charge < -0.3 is 15.0 Å². The highest BCUT2D eigenvalue weighted by atomic mass is 32.1. The Labute approximate surface area is 174 Å².